The predicted octanol–water partition coefficient (Wildman–Crippen LogP) is 3.20. The first-order valence-electron chi connectivity index (χ1n) is 5.62. The van der Waals surface area contributed by atoms with Crippen molar-refractivity contribution in [2.24, 2.45) is 5.92 Å². The van der Waals surface area contributed by atoms with E-state index >= 15 is 0 Å². The molecule has 0 amide bonds. The van der Waals surface area contributed by atoms with Gasteiger partial charge in [-0.3, -0.25) is 5.32 Å². The number of hydrogen-bond acceptors (Lipinski definition) is 2. The van der Waals surface area contributed by atoms with E-state index in [0.29, 0.717) is 12.6 Å². The third-order valence-corrected chi connectivity index (χ3v) is 4.10. The molecular formula is C13H17NS. The van der Waals surface area contributed by atoms with Gasteiger partial charge >= 0.3 is 0 Å². The Bertz CT molecular complexity index is 317. The SMILES string of the molecule is C#CCNC(c1cccs1)C1CCCC1. The monoisotopic (exact) mass is 219 g/mol. The van der Waals surface area contributed by atoms with Crippen LogP contribution in [0.15, 0.2) is 17.5 Å². The van der Waals surface area contributed by atoms with Crippen LogP contribution >= 0.6 is 11.3 Å². The molecule has 15 heavy (non-hydrogen) atoms. The van der Waals surface area contributed by atoms with Crippen LogP contribution in [0.4, 0.5) is 0 Å². The summed E-state index contributed by atoms with van der Waals surface area (Å²) < 4.78 is 0. The minimum atomic E-state index is 0.489. The highest BCUT2D eigenvalue weighted by Gasteiger charge is 2.26. The Morgan fingerprint density at radius 3 is 2.93 bits per heavy atom. The summed E-state index contributed by atoms with van der Waals surface area (Å²) in [4.78, 5) is 1.44. The fraction of sp³-hybridized carbons (Fsp3) is 0.538. The molecule has 1 aromatic heterocycles. The maximum atomic E-state index is 5.32. The summed E-state index contributed by atoms with van der Waals surface area (Å²) >= 11 is 1.84. The van der Waals surface area contributed by atoms with E-state index in [9.17, 15) is 0 Å². The van der Waals surface area contributed by atoms with Crippen LogP contribution in [0.3, 0.4) is 0 Å². The van der Waals surface area contributed by atoms with Crippen molar-refractivity contribution in [1.82, 2.24) is 5.32 Å². The van der Waals surface area contributed by atoms with Gasteiger partial charge in [0.15, 0.2) is 0 Å². The lowest BCUT2D eigenvalue weighted by Crippen LogP contribution is -2.26. The van der Waals surface area contributed by atoms with Gasteiger partial charge in [-0.25, -0.2) is 0 Å². The second kappa shape index (κ2) is 5.34. The number of hydrogen-bond donors (Lipinski definition) is 1. The Balaban J connectivity index is 2.05. The Hall–Kier alpha value is -0.780. The molecule has 0 spiro atoms. The molecule has 2 heteroatoms. The number of nitrogens with one attached hydrogen (secondary N) is 1. The third-order valence-electron chi connectivity index (χ3n) is 3.14. The molecule has 1 aromatic rings. The van der Waals surface area contributed by atoms with Gasteiger partial charge in [0, 0.05) is 10.9 Å². The van der Waals surface area contributed by atoms with E-state index in [1.807, 2.05) is 11.3 Å². The van der Waals surface area contributed by atoms with E-state index < -0.39 is 0 Å². The van der Waals surface area contributed by atoms with Crippen LogP contribution in [0.25, 0.3) is 0 Å². The maximum absolute atomic E-state index is 5.32. The number of rotatable bonds is 4. The Labute approximate surface area is 95.9 Å². The van der Waals surface area contributed by atoms with Gasteiger partial charge in [-0.05, 0) is 30.2 Å². The molecular weight excluding hydrogens is 202 g/mol. The highest BCUT2D eigenvalue weighted by atomic mass is 32.1. The van der Waals surface area contributed by atoms with Crippen molar-refractivity contribution in [2.45, 2.75) is 31.7 Å². The summed E-state index contributed by atoms with van der Waals surface area (Å²) in [5, 5.41) is 5.64. The highest BCUT2D eigenvalue weighted by Crippen LogP contribution is 2.37. The molecule has 1 aliphatic rings. The van der Waals surface area contributed by atoms with Crippen molar-refractivity contribution in [3.05, 3.63) is 22.4 Å². The van der Waals surface area contributed by atoms with Gasteiger partial charge in [-0.2, -0.15) is 0 Å². The van der Waals surface area contributed by atoms with Crippen LogP contribution in [-0.2, 0) is 0 Å². The zero-order valence-electron chi connectivity index (χ0n) is 8.91. The normalized spacial score (nSPS) is 18.9. The van der Waals surface area contributed by atoms with Gasteiger partial charge in [0.1, 0.15) is 0 Å². The summed E-state index contributed by atoms with van der Waals surface area (Å²) in [7, 11) is 0. The quantitative estimate of drug-likeness (QED) is 0.767. The van der Waals surface area contributed by atoms with Crippen LogP contribution in [0.5, 0.6) is 0 Å². The van der Waals surface area contributed by atoms with Crippen molar-refractivity contribution in [3.8, 4) is 12.3 Å². The van der Waals surface area contributed by atoms with Gasteiger partial charge in [0.05, 0.1) is 6.54 Å². The molecule has 0 aliphatic heterocycles. The molecule has 1 heterocycles. The lowest BCUT2D eigenvalue weighted by Gasteiger charge is -2.22. The minimum Gasteiger partial charge on any atom is -0.298 e. The lowest BCUT2D eigenvalue weighted by atomic mass is 9.97. The topological polar surface area (TPSA) is 12.0 Å². The molecule has 0 saturated heterocycles. The average Bonchev–Trinajstić information content (AvgIpc) is 2.90. The summed E-state index contributed by atoms with van der Waals surface area (Å²) in [6.07, 6.45) is 10.8. The summed E-state index contributed by atoms with van der Waals surface area (Å²) in [5.41, 5.74) is 0. The van der Waals surface area contributed by atoms with Crippen molar-refractivity contribution >= 4 is 11.3 Å². The van der Waals surface area contributed by atoms with Gasteiger partial charge in [0.25, 0.3) is 0 Å². The number of terminal acetylenes is 1. The van der Waals surface area contributed by atoms with Crippen LogP contribution in [0.1, 0.15) is 36.6 Å². The Kier molecular flexibility index (Phi) is 3.82. The van der Waals surface area contributed by atoms with Crippen LogP contribution in [0, 0.1) is 18.3 Å². The zero-order valence-corrected chi connectivity index (χ0v) is 9.72. The Morgan fingerprint density at radius 2 is 2.33 bits per heavy atom. The van der Waals surface area contributed by atoms with Gasteiger partial charge in [-0.15, -0.1) is 17.8 Å². The molecule has 1 saturated carbocycles. The molecule has 1 N–H and O–H groups in total. The molecule has 1 atom stereocenters. The van der Waals surface area contributed by atoms with E-state index in [1.54, 1.807) is 0 Å². The smallest absolute Gasteiger partial charge is 0.0578 e. The molecule has 1 aliphatic carbocycles. The molecule has 0 radical (unpaired) electrons. The summed E-state index contributed by atoms with van der Waals surface area (Å²) in [6.45, 7) is 0.680. The van der Waals surface area contributed by atoms with Gasteiger partial charge in [-0.1, -0.05) is 24.8 Å². The largest absolute Gasteiger partial charge is 0.298 e. The molecule has 0 aromatic carbocycles. The van der Waals surface area contributed by atoms with E-state index in [4.69, 9.17) is 6.42 Å². The van der Waals surface area contributed by atoms with E-state index in [0.717, 1.165) is 5.92 Å². The molecule has 1 nitrogen and oxygen atoms in total. The average molecular weight is 219 g/mol. The molecule has 0 bridgehead atoms. The van der Waals surface area contributed by atoms with Crippen molar-refractivity contribution in [3.63, 3.8) is 0 Å². The fourth-order valence-electron chi connectivity index (χ4n) is 2.43. The van der Waals surface area contributed by atoms with Crippen LogP contribution in [0.2, 0.25) is 0 Å². The Morgan fingerprint density at radius 1 is 1.53 bits per heavy atom. The van der Waals surface area contributed by atoms with Gasteiger partial charge < -0.3 is 0 Å². The minimum absolute atomic E-state index is 0.489. The molecule has 2 rings (SSSR count). The fourth-order valence-corrected chi connectivity index (χ4v) is 3.32. The van der Waals surface area contributed by atoms with Crippen molar-refractivity contribution < 1.29 is 0 Å². The lowest BCUT2D eigenvalue weighted by molar-refractivity contribution is 0.387. The van der Waals surface area contributed by atoms with E-state index in [2.05, 4.69) is 28.8 Å². The summed E-state index contributed by atoms with van der Waals surface area (Å²) in [5.74, 6) is 3.47. The van der Waals surface area contributed by atoms with E-state index in [-0.39, 0.29) is 0 Å². The van der Waals surface area contributed by atoms with Crippen LogP contribution < -0.4 is 5.32 Å². The first-order chi connectivity index (χ1) is 7.42. The highest BCUT2D eigenvalue weighted by molar-refractivity contribution is 7.10. The molecule has 80 valence electrons. The molecule has 1 fully saturated rings. The maximum Gasteiger partial charge on any atom is 0.0578 e. The third kappa shape index (κ3) is 2.62. The summed E-state index contributed by atoms with van der Waals surface area (Å²) in [6, 6.07) is 4.83. The van der Waals surface area contributed by atoms with E-state index in [1.165, 1.54) is 30.6 Å². The first kappa shape index (κ1) is 10.7. The zero-order chi connectivity index (χ0) is 10.5. The second-order valence-electron chi connectivity index (χ2n) is 4.12. The van der Waals surface area contributed by atoms with Gasteiger partial charge in [0.2, 0.25) is 0 Å². The number of thiophene rings is 1. The predicted molar refractivity (Wildman–Crippen MR) is 65.9 cm³/mol. The molecule has 1 unspecified atom stereocenters. The van der Waals surface area contributed by atoms with Crippen molar-refractivity contribution in [2.75, 3.05) is 6.54 Å². The second-order valence-corrected chi connectivity index (χ2v) is 5.10. The van der Waals surface area contributed by atoms with Crippen molar-refractivity contribution in [1.29, 1.82) is 0 Å². The van der Waals surface area contributed by atoms with Crippen LogP contribution in [-0.4, -0.2) is 6.54 Å². The standard InChI is InChI=1S/C13H17NS/c1-2-9-14-13(11-6-3-4-7-11)12-8-5-10-15-12/h1,5,8,10-11,13-14H,3-4,6-7,9H2. The first-order valence-corrected chi connectivity index (χ1v) is 6.50.